The second-order valence-corrected chi connectivity index (χ2v) is 7.89. The summed E-state index contributed by atoms with van der Waals surface area (Å²) in [6, 6.07) is 24.7. The van der Waals surface area contributed by atoms with E-state index >= 15 is 0 Å². The Balaban J connectivity index is 1.60. The molecule has 0 radical (unpaired) electrons. The molecular formula is C25H20N2O2S. The average molecular weight is 413 g/mol. The molecule has 3 aromatic carbocycles. The molecule has 0 spiro atoms. The first kappa shape index (κ1) is 19.6. The van der Waals surface area contributed by atoms with E-state index in [1.165, 1.54) is 11.3 Å². The van der Waals surface area contributed by atoms with Gasteiger partial charge in [-0.25, -0.2) is 0 Å². The van der Waals surface area contributed by atoms with Crippen LogP contribution in [0.3, 0.4) is 0 Å². The first-order valence-electron chi connectivity index (χ1n) is 9.52. The lowest BCUT2D eigenvalue weighted by molar-refractivity contribution is -0.113. The molecular weight excluding hydrogens is 392 g/mol. The number of amides is 2. The van der Waals surface area contributed by atoms with E-state index in [1.54, 1.807) is 18.2 Å². The summed E-state index contributed by atoms with van der Waals surface area (Å²) in [6.07, 6.45) is 1.69. The van der Waals surface area contributed by atoms with Crippen LogP contribution in [0.4, 0.5) is 5.69 Å². The molecule has 2 N–H and O–H groups in total. The minimum Gasteiger partial charge on any atom is -0.321 e. The number of benzene rings is 3. The lowest BCUT2D eigenvalue weighted by atomic mass is 10.1. The van der Waals surface area contributed by atoms with Crippen LogP contribution in [0.15, 0.2) is 89.9 Å². The molecule has 0 saturated heterocycles. The summed E-state index contributed by atoms with van der Waals surface area (Å²) in [6.45, 7) is 1.92. The van der Waals surface area contributed by atoms with Crippen LogP contribution in [0, 0.1) is 6.92 Å². The molecule has 0 unspecified atom stereocenters. The van der Waals surface area contributed by atoms with E-state index in [0.29, 0.717) is 11.3 Å². The minimum absolute atomic E-state index is 0.192. The topological polar surface area (TPSA) is 58.2 Å². The molecule has 0 aliphatic rings. The third-order valence-electron chi connectivity index (χ3n) is 4.61. The largest absolute Gasteiger partial charge is 0.321 e. The van der Waals surface area contributed by atoms with Gasteiger partial charge >= 0.3 is 0 Å². The fourth-order valence-corrected chi connectivity index (χ4v) is 3.78. The molecule has 4 aromatic rings. The summed E-state index contributed by atoms with van der Waals surface area (Å²) < 4.78 is 0. The van der Waals surface area contributed by atoms with Crippen molar-refractivity contribution in [2.45, 2.75) is 6.92 Å². The number of hydrogen-bond donors (Lipinski definition) is 2. The van der Waals surface area contributed by atoms with E-state index in [0.717, 1.165) is 21.2 Å². The van der Waals surface area contributed by atoms with E-state index in [1.807, 2.05) is 79.0 Å². The van der Waals surface area contributed by atoms with Crippen molar-refractivity contribution in [1.82, 2.24) is 5.32 Å². The van der Waals surface area contributed by atoms with E-state index < -0.39 is 0 Å². The van der Waals surface area contributed by atoms with Crippen molar-refractivity contribution in [3.05, 3.63) is 106 Å². The molecule has 0 aliphatic carbocycles. The molecule has 4 nitrogen and oxygen atoms in total. The second-order valence-electron chi connectivity index (χ2n) is 6.91. The van der Waals surface area contributed by atoms with Crippen molar-refractivity contribution in [2.24, 2.45) is 0 Å². The Hall–Kier alpha value is -3.70. The Labute approximate surface area is 178 Å². The molecule has 148 valence electrons. The normalized spacial score (nSPS) is 11.3. The Kier molecular flexibility index (Phi) is 5.72. The predicted molar refractivity (Wildman–Crippen MR) is 124 cm³/mol. The van der Waals surface area contributed by atoms with Crippen LogP contribution < -0.4 is 10.6 Å². The first-order chi connectivity index (χ1) is 14.6. The summed E-state index contributed by atoms with van der Waals surface area (Å²) in [5.74, 6) is -0.699. The van der Waals surface area contributed by atoms with Crippen molar-refractivity contribution < 1.29 is 9.59 Å². The quantitative estimate of drug-likeness (QED) is 0.418. The van der Waals surface area contributed by atoms with Crippen LogP contribution in [0.2, 0.25) is 0 Å². The van der Waals surface area contributed by atoms with E-state index in [2.05, 4.69) is 10.6 Å². The highest BCUT2D eigenvalue weighted by Gasteiger charge is 2.15. The molecule has 4 rings (SSSR count). The number of nitrogens with one attached hydrogen (secondary N) is 2. The predicted octanol–water partition coefficient (Wildman–Crippen LogP) is 5.62. The Bertz CT molecular complexity index is 1240. The number of carbonyl (C=O) groups excluding carboxylic acids is 2. The van der Waals surface area contributed by atoms with Crippen LogP contribution in [0.1, 0.15) is 20.8 Å². The van der Waals surface area contributed by atoms with Crippen molar-refractivity contribution in [1.29, 1.82) is 0 Å². The molecule has 0 bridgehead atoms. The highest BCUT2D eigenvalue weighted by molar-refractivity contribution is 7.10. The third kappa shape index (κ3) is 4.64. The van der Waals surface area contributed by atoms with Gasteiger partial charge in [-0.15, -0.1) is 11.3 Å². The van der Waals surface area contributed by atoms with Gasteiger partial charge in [0.05, 0.1) is 0 Å². The Morgan fingerprint density at radius 3 is 2.47 bits per heavy atom. The highest BCUT2D eigenvalue weighted by atomic mass is 32.1. The summed E-state index contributed by atoms with van der Waals surface area (Å²) in [5.41, 5.74) is 2.34. The molecule has 0 aliphatic heterocycles. The molecule has 1 aromatic heterocycles. The molecule has 0 fully saturated rings. The zero-order valence-electron chi connectivity index (χ0n) is 16.4. The van der Waals surface area contributed by atoms with Gasteiger partial charge < -0.3 is 10.6 Å². The summed E-state index contributed by atoms with van der Waals surface area (Å²) in [4.78, 5) is 26.6. The minimum atomic E-state index is -0.375. The van der Waals surface area contributed by atoms with Gasteiger partial charge in [0.2, 0.25) is 0 Å². The van der Waals surface area contributed by atoms with E-state index in [4.69, 9.17) is 0 Å². The van der Waals surface area contributed by atoms with Gasteiger partial charge in [-0.2, -0.15) is 0 Å². The molecule has 30 heavy (non-hydrogen) atoms. The molecule has 0 atom stereocenters. The maximum atomic E-state index is 13.0. The van der Waals surface area contributed by atoms with Crippen LogP contribution in [0.25, 0.3) is 16.8 Å². The molecule has 2 amide bonds. The number of thiophene rings is 1. The average Bonchev–Trinajstić information content (AvgIpc) is 3.26. The van der Waals surface area contributed by atoms with Gasteiger partial charge in [-0.1, -0.05) is 54.1 Å². The SMILES string of the molecule is Cc1cccc(C(=O)N/C(=C\c2cccs2)C(=O)Nc2ccc3ccccc3c2)c1. The van der Waals surface area contributed by atoms with Crippen LogP contribution in [-0.2, 0) is 4.79 Å². The summed E-state index contributed by atoms with van der Waals surface area (Å²) >= 11 is 1.49. The van der Waals surface area contributed by atoms with Gasteiger partial charge in [0.15, 0.2) is 0 Å². The van der Waals surface area contributed by atoms with Crippen molar-refractivity contribution in [3.63, 3.8) is 0 Å². The maximum absolute atomic E-state index is 13.0. The third-order valence-corrected chi connectivity index (χ3v) is 5.43. The molecule has 1 heterocycles. The van der Waals surface area contributed by atoms with Crippen molar-refractivity contribution in [3.8, 4) is 0 Å². The smallest absolute Gasteiger partial charge is 0.272 e. The molecule has 0 saturated carbocycles. The van der Waals surface area contributed by atoms with Crippen molar-refractivity contribution >= 4 is 45.7 Å². The number of anilines is 1. The number of fused-ring (bicyclic) bond motifs is 1. The number of carbonyl (C=O) groups is 2. The van der Waals surface area contributed by atoms with Crippen molar-refractivity contribution in [2.75, 3.05) is 5.32 Å². The zero-order chi connectivity index (χ0) is 20.9. The number of aryl methyl sites for hydroxylation is 1. The van der Waals surface area contributed by atoms with E-state index in [-0.39, 0.29) is 17.5 Å². The van der Waals surface area contributed by atoms with Gasteiger partial charge in [0.1, 0.15) is 5.70 Å². The maximum Gasteiger partial charge on any atom is 0.272 e. The fourth-order valence-electron chi connectivity index (χ4n) is 3.12. The summed E-state index contributed by atoms with van der Waals surface area (Å²) in [7, 11) is 0. The summed E-state index contributed by atoms with van der Waals surface area (Å²) in [5, 5.41) is 9.72. The van der Waals surface area contributed by atoms with Crippen LogP contribution >= 0.6 is 11.3 Å². The molecule has 5 heteroatoms. The van der Waals surface area contributed by atoms with Crippen LogP contribution in [-0.4, -0.2) is 11.8 Å². The fraction of sp³-hybridized carbons (Fsp3) is 0.0400. The number of rotatable bonds is 5. The lowest BCUT2D eigenvalue weighted by Crippen LogP contribution is -2.30. The Morgan fingerprint density at radius 1 is 0.867 bits per heavy atom. The first-order valence-corrected chi connectivity index (χ1v) is 10.4. The van der Waals surface area contributed by atoms with Gasteiger partial charge in [0, 0.05) is 16.1 Å². The zero-order valence-corrected chi connectivity index (χ0v) is 17.2. The second kappa shape index (κ2) is 8.76. The van der Waals surface area contributed by atoms with Crippen LogP contribution in [0.5, 0.6) is 0 Å². The number of hydrogen-bond acceptors (Lipinski definition) is 3. The van der Waals surface area contributed by atoms with Gasteiger partial charge in [0.25, 0.3) is 11.8 Å². The van der Waals surface area contributed by atoms with Gasteiger partial charge in [-0.3, -0.25) is 9.59 Å². The Morgan fingerprint density at radius 2 is 1.70 bits per heavy atom. The standard InChI is InChI=1S/C25H20N2O2S/c1-17-6-4-9-20(14-17)24(28)27-23(16-22-10-5-13-30-22)25(29)26-21-12-11-18-7-2-3-8-19(18)15-21/h2-16H,1H3,(H,26,29)(H,27,28)/b23-16-. The van der Waals surface area contributed by atoms with E-state index in [9.17, 15) is 9.59 Å². The monoisotopic (exact) mass is 412 g/mol. The van der Waals surface area contributed by atoms with Gasteiger partial charge in [-0.05, 0) is 59.5 Å². The highest BCUT2D eigenvalue weighted by Crippen LogP contribution is 2.20. The lowest BCUT2D eigenvalue weighted by Gasteiger charge is -2.12.